The minimum absolute atomic E-state index is 0.194. The summed E-state index contributed by atoms with van der Waals surface area (Å²) >= 11 is 0. The minimum Gasteiger partial charge on any atom is -0.394 e. The zero-order chi connectivity index (χ0) is 10.1. The monoisotopic (exact) mass is 183 g/mol. The molecule has 0 fully saturated rings. The summed E-state index contributed by atoms with van der Waals surface area (Å²) < 4.78 is 0. The van der Waals surface area contributed by atoms with Gasteiger partial charge in [-0.25, -0.2) is 0 Å². The van der Waals surface area contributed by atoms with Gasteiger partial charge in [-0.1, -0.05) is 12.7 Å². The van der Waals surface area contributed by atoms with Crippen molar-refractivity contribution >= 4 is 5.91 Å². The van der Waals surface area contributed by atoms with Gasteiger partial charge in [0.05, 0.1) is 5.70 Å². The molecule has 0 bridgehead atoms. The van der Waals surface area contributed by atoms with Crippen molar-refractivity contribution in [3.05, 3.63) is 24.4 Å². The maximum absolute atomic E-state index is 11.1. The van der Waals surface area contributed by atoms with Crippen LogP contribution in [-0.4, -0.2) is 26.0 Å². The van der Waals surface area contributed by atoms with Gasteiger partial charge in [-0.3, -0.25) is 4.79 Å². The molecule has 74 valence electrons. The first kappa shape index (κ1) is 11.7. The molecular weight excluding hydrogens is 166 g/mol. The van der Waals surface area contributed by atoms with Gasteiger partial charge in [0.25, 0.3) is 5.91 Å². The Morgan fingerprint density at radius 2 is 2.23 bits per heavy atom. The molecule has 0 saturated carbocycles. The fourth-order valence-electron chi connectivity index (χ4n) is 0.772. The van der Waals surface area contributed by atoms with E-state index in [-0.39, 0.29) is 11.6 Å². The fraction of sp³-hybridized carbons (Fsp3) is 0.444. The molecule has 0 aliphatic heterocycles. The van der Waals surface area contributed by atoms with Crippen LogP contribution < -0.4 is 16.4 Å². The van der Waals surface area contributed by atoms with Crippen LogP contribution in [0.2, 0.25) is 0 Å². The van der Waals surface area contributed by atoms with Gasteiger partial charge in [0.2, 0.25) is 0 Å². The number of rotatable bonds is 6. The summed E-state index contributed by atoms with van der Waals surface area (Å²) in [7, 11) is 1.87. The topological polar surface area (TPSA) is 67.2 Å². The molecule has 0 atom stereocenters. The Morgan fingerprint density at radius 3 is 2.77 bits per heavy atom. The van der Waals surface area contributed by atoms with E-state index in [0.29, 0.717) is 6.54 Å². The summed E-state index contributed by atoms with van der Waals surface area (Å²) in [6, 6.07) is 0. The second-order valence-electron chi connectivity index (χ2n) is 2.57. The summed E-state index contributed by atoms with van der Waals surface area (Å²) in [5.41, 5.74) is 5.60. The molecule has 0 saturated heterocycles. The molecule has 0 aliphatic rings. The molecule has 1 amide bonds. The Hall–Kier alpha value is -1.29. The summed E-state index contributed by atoms with van der Waals surface area (Å²) in [6.45, 7) is 4.96. The number of hydrogen-bond donors (Lipinski definition) is 3. The predicted molar refractivity (Wildman–Crippen MR) is 54.0 cm³/mol. The Balaban J connectivity index is 3.62. The lowest BCUT2D eigenvalue weighted by Gasteiger charge is -2.03. The van der Waals surface area contributed by atoms with E-state index in [4.69, 9.17) is 5.73 Å². The second kappa shape index (κ2) is 7.36. The van der Waals surface area contributed by atoms with Crippen LogP contribution in [0.5, 0.6) is 0 Å². The SMILES string of the molecule is C=C/C=C(\N)C(=O)NCCCNC. The standard InChI is InChI=1S/C9H17N3O/c1-3-5-8(10)9(13)12-7-4-6-11-2/h3,5,11H,1,4,6-7,10H2,2H3,(H,12,13)/b8-5-. The molecule has 0 spiro atoms. The lowest BCUT2D eigenvalue weighted by molar-refractivity contribution is -0.117. The molecule has 0 aromatic rings. The van der Waals surface area contributed by atoms with E-state index in [1.54, 1.807) is 0 Å². The zero-order valence-corrected chi connectivity index (χ0v) is 7.97. The largest absolute Gasteiger partial charge is 0.394 e. The molecule has 0 unspecified atom stereocenters. The zero-order valence-electron chi connectivity index (χ0n) is 7.97. The molecule has 0 radical (unpaired) electrons. The van der Waals surface area contributed by atoms with Gasteiger partial charge in [0.1, 0.15) is 0 Å². The molecule has 0 rings (SSSR count). The van der Waals surface area contributed by atoms with Crippen molar-refractivity contribution in [2.24, 2.45) is 5.73 Å². The fourth-order valence-corrected chi connectivity index (χ4v) is 0.772. The average molecular weight is 183 g/mol. The van der Waals surface area contributed by atoms with E-state index in [2.05, 4.69) is 17.2 Å². The molecular formula is C9H17N3O. The van der Waals surface area contributed by atoms with Crippen molar-refractivity contribution in [1.29, 1.82) is 0 Å². The van der Waals surface area contributed by atoms with Gasteiger partial charge in [-0.05, 0) is 26.1 Å². The maximum Gasteiger partial charge on any atom is 0.267 e. The van der Waals surface area contributed by atoms with Crippen LogP contribution in [0.15, 0.2) is 24.4 Å². The van der Waals surface area contributed by atoms with Crippen molar-refractivity contribution in [3.8, 4) is 0 Å². The number of amides is 1. The van der Waals surface area contributed by atoms with Crippen LogP contribution in [-0.2, 0) is 4.79 Å². The van der Waals surface area contributed by atoms with Crippen LogP contribution in [0.4, 0.5) is 0 Å². The third kappa shape index (κ3) is 5.93. The van der Waals surface area contributed by atoms with E-state index < -0.39 is 0 Å². The lowest BCUT2D eigenvalue weighted by Crippen LogP contribution is -2.30. The third-order valence-electron chi connectivity index (χ3n) is 1.45. The van der Waals surface area contributed by atoms with E-state index in [9.17, 15) is 4.79 Å². The van der Waals surface area contributed by atoms with Crippen molar-refractivity contribution < 1.29 is 4.79 Å². The van der Waals surface area contributed by atoms with Crippen molar-refractivity contribution in [3.63, 3.8) is 0 Å². The molecule has 0 heterocycles. The number of carbonyl (C=O) groups is 1. The number of hydrogen-bond acceptors (Lipinski definition) is 3. The number of carbonyl (C=O) groups excluding carboxylic acids is 1. The molecule has 13 heavy (non-hydrogen) atoms. The molecule has 0 aromatic carbocycles. The van der Waals surface area contributed by atoms with E-state index in [1.165, 1.54) is 12.2 Å². The van der Waals surface area contributed by atoms with Crippen molar-refractivity contribution in [2.45, 2.75) is 6.42 Å². The van der Waals surface area contributed by atoms with Crippen LogP contribution >= 0.6 is 0 Å². The first-order valence-corrected chi connectivity index (χ1v) is 4.23. The molecule has 4 heteroatoms. The molecule has 4 nitrogen and oxygen atoms in total. The molecule has 4 N–H and O–H groups in total. The van der Waals surface area contributed by atoms with Crippen molar-refractivity contribution in [2.75, 3.05) is 20.1 Å². The quantitative estimate of drug-likeness (QED) is 0.302. The summed E-state index contributed by atoms with van der Waals surface area (Å²) in [5.74, 6) is -0.240. The molecule has 0 aliphatic carbocycles. The normalized spacial score (nSPS) is 11.0. The highest BCUT2D eigenvalue weighted by Crippen LogP contribution is 1.84. The van der Waals surface area contributed by atoms with Gasteiger partial charge in [-0.2, -0.15) is 0 Å². The predicted octanol–water partition coefficient (Wildman–Crippen LogP) is -0.259. The maximum atomic E-state index is 11.1. The Morgan fingerprint density at radius 1 is 1.54 bits per heavy atom. The van der Waals surface area contributed by atoms with Gasteiger partial charge in [-0.15, -0.1) is 0 Å². The first-order chi connectivity index (χ1) is 6.22. The highest BCUT2D eigenvalue weighted by Gasteiger charge is 2.01. The van der Waals surface area contributed by atoms with Crippen LogP contribution in [0.25, 0.3) is 0 Å². The Bertz CT molecular complexity index is 199. The number of allylic oxidation sites excluding steroid dienone is 2. The van der Waals surface area contributed by atoms with Crippen LogP contribution in [0.3, 0.4) is 0 Å². The van der Waals surface area contributed by atoms with Gasteiger partial charge in [0, 0.05) is 6.54 Å². The van der Waals surface area contributed by atoms with Crippen LogP contribution in [0, 0.1) is 0 Å². The first-order valence-electron chi connectivity index (χ1n) is 4.23. The van der Waals surface area contributed by atoms with Gasteiger partial charge < -0.3 is 16.4 Å². The van der Waals surface area contributed by atoms with E-state index >= 15 is 0 Å². The molecule has 0 aromatic heterocycles. The highest BCUT2D eigenvalue weighted by molar-refractivity contribution is 5.92. The van der Waals surface area contributed by atoms with Gasteiger partial charge in [0.15, 0.2) is 0 Å². The number of nitrogens with two attached hydrogens (primary N) is 1. The highest BCUT2D eigenvalue weighted by atomic mass is 16.1. The smallest absolute Gasteiger partial charge is 0.267 e. The average Bonchev–Trinajstić information content (AvgIpc) is 2.12. The van der Waals surface area contributed by atoms with E-state index in [1.807, 2.05) is 7.05 Å². The third-order valence-corrected chi connectivity index (χ3v) is 1.45. The Labute approximate surface area is 78.9 Å². The van der Waals surface area contributed by atoms with Crippen molar-refractivity contribution in [1.82, 2.24) is 10.6 Å². The summed E-state index contributed by atoms with van der Waals surface area (Å²) in [4.78, 5) is 11.1. The van der Waals surface area contributed by atoms with E-state index in [0.717, 1.165) is 13.0 Å². The van der Waals surface area contributed by atoms with Crippen LogP contribution in [0.1, 0.15) is 6.42 Å². The summed E-state index contributed by atoms with van der Waals surface area (Å²) in [5, 5.41) is 5.66. The Kier molecular flexibility index (Phi) is 6.63. The second-order valence-corrected chi connectivity index (χ2v) is 2.57. The lowest BCUT2D eigenvalue weighted by atomic mass is 10.3. The summed E-state index contributed by atoms with van der Waals surface area (Å²) in [6.07, 6.45) is 3.86. The van der Waals surface area contributed by atoms with Gasteiger partial charge >= 0.3 is 0 Å². The number of nitrogens with one attached hydrogen (secondary N) is 2. The minimum atomic E-state index is -0.240.